The van der Waals surface area contributed by atoms with Crippen molar-refractivity contribution in [2.24, 2.45) is 0 Å². The molecule has 2 aliphatic rings. The SMILES string of the molecule is CN(C(=O)CN1CCN(CC(=O)Nc2cccc(F)c2)CC1)C1CCCCC1. The van der Waals surface area contributed by atoms with E-state index in [2.05, 4.69) is 15.1 Å². The highest BCUT2D eigenvalue weighted by Gasteiger charge is 2.25. The van der Waals surface area contributed by atoms with Crippen LogP contribution in [0.4, 0.5) is 10.1 Å². The number of nitrogens with zero attached hydrogens (tertiary/aromatic N) is 3. The van der Waals surface area contributed by atoms with E-state index in [9.17, 15) is 14.0 Å². The molecule has 1 heterocycles. The van der Waals surface area contributed by atoms with Gasteiger partial charge >= 0.3 is 0 Å². The molecule has 1 saturated heterocycles. The number of nitrogens with one attached hydrogen (secondary N) is 1. The summed E-state index contributed by atoms with van der Waals surface area (Å²) in [5.74, 6) is -0.314. The van der Waals surface area contributed by atoms with Crippen molar-refractivity contribution in [2.45, 2.75) is 38.1 Å². The van der Waals surface area contributed by atoms with E-state index in [0.717, 1.165) is 39.0 Å². The van der Waals surface area contributed by atoms with Crippen molar-refractivity contribution in [1.29, 1.82) is 0 Å². The van der Waals surface area contributed by atoms with Crippen molar-refractivity contribution in [1.82, 2.24) is 14.7 Å². The Hall–Kier alpha value is -1.99. The Morgan fingerprint density at radius 2 is 1.71 bits per heavy atom. The average molecular weight is 391 g/mol. The van der Waals surface area contributed by atoms with Crippen molar-refractivity contribution in [2.75, 3.05) is 51.6 Å². The molecule has 0 spiro atoms. The highest BCUT2D eigenvalue weighted by Crippen LogP contribution is 2.21. The van der Waals surface area contributed by atoms with Gasteiger partial charge in [-0.25, -0.2) is 4.39 Å². The first-order valence-corrected chi connectivity index (χ1v) is 10.3. The lowest BCUT2D eigenvalue weighted by Gasteiger charge is -2.36. The normalized spacial score (nSPS) is 19.4. The summed E-state index contributed by atoms with van der Waals surface area (Å²) in [4.78, 5) is 30.9. The van der Waals surface area contributed by atoms with Crippen molar-refractivity contribution >= 4 is 17.5 Å². The maximum atomic E-state index is 13.2. The molecule has 0 aromatic heterocycles. The topological polar surface area (TPSA) is 55.9 Å². The van der Waals surface area contributed by atoms with Crippen LogP contribution in [0.5, 0.6) is 0 Å². The van der Waals surface area contributed by atoms with Gasteiger partial charge in [0, 0.05) is 45.0 Å². The number of hydrogen-bond acceptors (Lipinski definition) is 4. The molecule has 1 N–H and O–H groups in total. The Bertz CT molecular complexity index is 670. The molecule has 6 nitrogen and oxygen atoms in total. The monoisotopic (exact) mass is 390 g/mol. The summed E-state index contributed by atoms with van der Waals surface area (Å²) in [7, 11) is 1.94. The fourth-order valence-electron chi connectivity index (χ4n) is 4.05. The van der Waals surface area contributed by atoms with Crippen LogP contribution in [0.2, 0.25) is 0 Å². The molecule has 0 radical (unpaired) electrons. The first-order valence-electron chi connectivity index (χ1n) is 10.3. The van der Waals surface area contributed by atoms with Crippen LogP contribution in [0.25, 0.3) is 0 Å². The lowest BCUT2D eigenvalue weighted by molar-refractivity contribution is -0.134. The molecule has 1 aromatic rings. The number of carbonyl (C=O) groups is 2. The summed E-state index contributed by atoms with van der Waals surface area (Å²) in [6, 6.07) is 6.30. The lowest BCUT2D eigenvalue weighted by atomic mass is 9.94. The quantitative estimate of drug-likeness (QED) is 0.809. The van der Waals surface area contributed by atoms with Gasteiger partial charge in [-0.1, -0.05) is 25.3 Å². The van der Waals surface area contributed by atoms with E-state index in [0.29, 0.717) is 18.3 Å². The molecular formula is C21H31FN4O2. The van der Waals surface area contributed by atoms with Gasteiger partial charge in [-0.15, -0.1) is 0 Å². The smallest absolute Gasteiger partial charge is 0.238 e. The van der Waals surface area contributed by atoms with E-state index in [1.165, 1.54) is 31.4 Å². The van der Waals surface area contributed by atoms with Gasteiger partial charge in [0.1, 0.15) is 5.82 Å². The number of anilines is 1. The Morgan fingerprint density at radius 1 is 1.07 bits per heavy atom. The second kappa shape index (κ2) is 9.98. The zero-order valence-electron chi connectivity index (χ0n) is 16.7. The number of likely N-dealkylation sites (N-methyl/N-ethyl adjacent to an activating group) is 1. The fourth-order valence-corrected chi connectivity index (χ4v) is 4.05. The van der Waals surface area contributed by atoms with Crippen LogP contribution < -0.4 is 5.32 Å². The predicted octanol–water partition coefficient (Wildman–Crippen LogP) is 2.17. The van der Waals surface area contributed by atoms with Crippen LogP contribution >= 0.6 is 0 Å². The fraction of sp³-hybridized carbons (Fsp3) is 0.619. The summed E-state index contributed by atoms with van der Waals surface area (Å²) in [6.45, 7) is 3.78. The van der Waals surface area contributed by atoms with Gasteiger partial charge in [-0.05, 0) is 31.0 Å². The molecule has 2 amide bonds. The minimum Gasteiger partial charge on any atom is -0.342 e. The highest BCUT2D eigenvalue weighted by atomic mass is 19.1. The van der Waals surface area contributed by atoms with E-state index in [4.69, 9.17) is 0 Å². The zero-order chi connectivity index (χ0) is 19.9. The highest BCUT2D eigenvalue weighted by molar-refractivity contribution is 5.92. The zero-order valence-corrected chi connectivity index (χ0v) is 16.7. The molecule has 28 heavy (non-hydrogen) atoms. The molecule has 1 saturated carbocycles. The Morgan fingerprint density at radius 3 is 2.36 bits per heavy atom. The molecule has 154 valence electrons. The number of hydrogen-bond donors (Lipinski definition) is 1. The number of carbonyl (C=O) groups excluding carboxylic acids is 2. The van der Waals surface area contributed by atoms with Gasteiger partial charge in [-0.2, -0.15) is 0 Å². The van der Waals surface area contributed by atoms with E-state index in [-0.39, 0.29) is 24.2 Å². The maximum absolute atomic E-state index is 13.2. The molecule has 3 rings (SSSR count). The molecule has 0 unspecified atom stereocenters. The summed E-state index contributed by atoms with van der Waals surface area (Å²) in [5, 5.41) is 2.73. The van der Waals surface area contributed by atoms with E-state index < -0.39 is 0 Å². The second-order valence-corrected chi connectivity index (χ2v) is 7.91. The minimum absolute atomic E-state index is 0.146. The van der Waals surface area contributed by atoms with Crippen LogP contribution in [-0.2, 0) is 9.59 Å². The van der Waals surface area contributed by atoms with Crippen LogP contribution in [0, 0.1) is 5.82 Å². The van der Waals surface area contributed by atoms with Gasteiger partial charge in [0.05, 0.1) is 13.1 Å². The largest absolute Gasteiger partial charge is 0.342 e. The van der Waals surface area contributed by atoms with Gasteiger partial charge in [0.25, 0.3) is 0 Å². The van der Waals surface area contributed by atoms with Gasteiger partial charge in [0.15, 0.2) is 0 Å². The van der Waals surface area contributed by atoms with Crippen LogP contribution in [-0.4, -0.2) is 78.9 Å². The second-order valence-electron chi connectivity index (χ2n) is 7.91. The summed E-state index contributed by atoms with van der Waals surface area (Å²) in [6.07, 6.45) is 5.97. The van der Waals surface area contributed by atoms with Gasteiger partial charge < -0.3 is 10.2 Å². The van der Waals surface area contributed by atoms with Crippen LogP contribution in [0.1, 0.15) is 32.1 Å². The number of piperazine rings is 1. The third-order valence-electron chi connectivity index (χ3n) is 5.82. The van der Waals surface area contributed by atoms with Gasteiger partial charge in [0.2, 0.25) is 11.8 Å². The number of amides is 2. The third kappa shape index (κ3) is 6.01. The Kier molecular flexibility index (Phi) is 7.39. The van der Waals surface area contributed by atoms with E-state index in [1.54, 1.807) is 12.1 Å². The van der Waals surface area contributed by atoms with Crippen LogP contribution in [0.3, 0.4) is 0 Å². The molecule has 0 bridgehead atoms. The number of benzene rings is 1. The summed E-state index contributed by atoms with van der Waals surface area (Å²) >= 11 is 0. The summed E-state index contributed by atoms with van der Waals surface area (Å²) < 4.78 is 13.2. The standard InChI is InChI=1S/C21H31FN4O2/c1-24(19-8-3-2-4-9-19)21(28)16-26-12-10-25(11-13-26)15-20(27)23-18-7-5-6-17(22)14-18/h5-7,14,19H,2-4,8-13,15-16H2,1H3,(H,23,27). The lowest BCUT2D eigenvalue weighted by Crippen LogP contribution is -2.52. The van der Waals surface area contributed by atoms with Crippen LogP contribution in [0.15, 0.2) is 24.3 Å². The Labute approximate surface area is 166 Å². The molecule has 2 fully saturated rings. The summed E-state index contributed by atoms with van der Waals surface area (Å²) in [5.41, 5.74) is 0.472. The Balaban J connectivity index is 1.38. The van der Waals surface area contributed by atoms with E-state index >= 15 is 0 Å². The molecule has 1 aromatic carbocycles. The number of rotatable bonds is 6. The van der Waals surface area contributed by atoms with E-state index in [1.807, 2.05) is 11.9 Å². The molecule has 1 aliphatic heterocycles. The van der Waals surface area contributed by atoms with Crippen molar-refractivity contribution < 1.29 is 14.0 Å². The molecular weight excluding hydrogens is 359 g/mol. The molecule has 0 atom stereocenters. The number of halogens is 1. The molecule has 1 aliphatic carbocycles. The predicted molar refractivity (Wildman–Crippen MR) is 108 cm³/mol. The van der Waals surface area contributed by atoms with Gasteiger partial charge in [-0.3, -0.25) is 19.4 Å². The average Bonchev–Trinajstić information content (AvgIpc) is 2.69. The van der Waals surface area contributed by atoms with Crippen molar-refractivity contribution in [3.8, 4) is 0 Å². The molecule has 7 heteroatoms. The minimum atomic E-state index is -0.366. The third-order valence-corrected chi connectivity index (χ3v) is 5.82. The maximum Gasteiger partial charge on any atom is 0.238 e. The first-order chi connectivity index (χ1) is 13.5. The van der Waals surface area contributed by atoms with Crippen molar-refractivity contribution in [3.63, 3.8) is 0 Å². The first kappa shape index (κ1) is 20.7. The van der Waals surface area contributed by atoms with Crippen molar-refractivity contribution in [3.05, 3.63) is 30.1 Å².